The summed E-state index contributed by atoms with van der Waals surface area (Å²) in [5.74, 6) is 2.65. The monoisotopic (exact) mass is 460 g/mol. The van der Waals surface area contributed by atoms with Gasteiger partial charge in [0.05, 0.1) is 6.10 Å². The average Bonchev–Trinajstić information content (AvgIpc) is 3.46. The van der Waals surface area contributed by atoms with E-state index in [0.717, 1.165) is 58.0 Å². The Kier molecular flexibility index (Phi) is 5.53. The second-order valence-corrected chi connectivity index (χ2v) is 12.2. The van der Waals surface area contributed by atoms with E-state index in [1.54, 1.807) is 0 Å². The summed E-state index contributed by atoms with van der Waals surface area (Å²) >= 11 is 0. The molecule has 1 heterocycles. The van der Waals surface area contributed by atoms with Crippen LogP contribution in [0.3, 0.4) is 0 Å². The van der Waals surface area contributed by atoms with E-state index in [2.05, 4.69) is 55.0 Å². The van der Waals surface area contributed by atoms with Crippen LogP contribution in [0.5, 0.6) is 0 Å². The third kappa shape index (κ3) is 3.36. The number of rotatable bonds is 4. The topological polar surface area (TPSA) is 50.4 Å². The summed E-state index contributed by atoms with van der Waals surface area (Å²) < 4.78 is 0. The van der Waals surface area contributed by atoms with Crippen molar-refractivity contribution in [3.05, 3.63) is 53.7 Å². The average molecular weight is 461 g/mol. The normalized spacial score (nSPS) is 41.8. The molecule has 1 aromatic carbocycles. The Morgan fingerprint density at radius 1 is 1.06 bits per heavy atom. The highest BCUT2D eigenvalue weighted by Crippen LogP contribution is 2.67. The number of carbonyl (C=O) groups excluding carboxylic acids is 1. The van der Waals surface area contributed by atoms with Crippen molar-refractivity contribution in [2.75, 3.05) is 13.1 Å². The number of hydroxylamine groups is 1. The van der Waals surface area contributed by atoms with Crippen LogP contribution < -0.4 is 10.8 Å². The molecule has 1 aromatic rings. The zero-order chi connectivity index (χ0) is 23.5. The van der Waals surface area contributed by atoms with Crippen LogP contribution in [0.25, 0.3) is 5.57 Å². The minimum atomic E-state index is -0.0900. The summed E-state index contributed by atoms with van der Waals surface area (Å²) in [6.45, 7) is 11.5. The van der Waals surface area contributed by atoms with Crippen LogP contribution in [-0.2, 0) is 9.63 Å². The smallest absolute Gasteiger partial charge is 0.139 e. The van der Waals surface area contributed by atoms with Gasteiger partial charge in [0, 0.05) is 30.0 Å². The van der Waals surface area contributed by atoms with Gasteiger partial charge in [-0.25, -0.2) is 0 Å². The molecule has 0 spiro atoms. The second-order valence-electron chi connectivity index (χ2n) is 12.2. The second kappa shape index (κ2) is 8.34. The van der Waals surface area contributed by atoms with E-state index in [4.69, 9.17) is 11.4 Å². The molecule has 4 fully saturated rings. The van der Waals surface area contributed by atoms with Gasteiger partial charge in [-0.15, -0.1) is 0 Å². The van der Waals surface area contributed by atoms with E-state index in [1.807, 2.05) is 0 Å². The van der Waals surface area contributed by atoms with E-state index < -0.39 is 0 Å². The highest BCUT2D eigenvalue weighted by Gasteiger charge is 2.61. The fraction of sp³-hybridized carbons (Fsp3) is 0.633. The number of carbonyl (C=O) groups is 1. The number of fused-ring (bicyclic) bond motifs is 5. The highest BCUT2D eigenvalue weighted by atomic mass is 16.7. The molecule has 7 atom stereocenters. The molecule has 1 aliphatic heterocycles. The van der Waals surface area contributed by atoms with E-state index in [9.17, 15) is 4.79 Å². The fourth-order valence-electron chi connectivity index (χ4n) is 8.78. The van der Waals surface area contributed by atoms with Crippen LogP contribution in [0.2, 0.25) is 0 Å². The van der Waals surface area contributed by atoms with Gasteiger partial charge < -0.3 is 5.32 Å². The Bertz CT molecular complexity index is 1010. The lowest BCUT2D eigenvalue weighted by Crippen LogP contribution is -2.54. The van der Waals surface area contributed by atoms with E-state index in [0.29, 0.717) is 29.5 Å². The molecule has 4 nitrogen and oxygen atoms in total. The Balaban J connectivity index is 1.37. The lowest BCUT2D eigenvalue weighted by Gasteiger charge is -2.60. The Labute approximate surface area is 204 Å². The van der Waals surface area contributed by atoms with Gasteiger partial charge in [0.1, 0.15) is 5.78 Å². The maximum absolute atomic E-state index is 12.9. The maximum Gasteiger partial charge on any atom is 0.139 e. The Morgan fingerprint density at radius 3 is 2.65 bits per heavy atom. The van der Waals surface area contributed by atoms with Crippen molar-refractivity contribution in [3.63, 3.8) is 0 Å². The maximum atomic E-state index is 12.9. The highest BCUT2D eigenvalue weighted by molar-refractivity contribution is 5.87. The zero-order valence-electron chi connectivity index (χ0n) is 20.9. The van der Waals surface area contributed by atoms with Crippen molar-refractivity contribution in [2.24, 2.45) is 34.5 Å². The molecule has 0 amide bonds. The fourth-order valence-corrected chi connectivity index (χ4v) is 8.78. The number of nitrogens with one attached hydrogen (secondary N) is 2. The quantitative estimate of drug-likeness (QED) is 0.449. The van der Waals surface area contributed by atoms with Gasteiger partial charge in [0.25, 0.3) is 0 Å². The molecule has 0 aromatic heterocycles. The zero-order valence-corrected chi connectivity index (χ0v) is 20.9. The van der Waals surface area contributed by atoms with E-state index >= 15 is 0 Å². The van der Waals surface area contributed by atoms with Crippen molar-refractivity contribution < 1.29 is 9.63 Å². The van der Waals surface area contributed by atoms with Crippen molar-refractivity contribution >= 4 is 11.4 Å². The van der Waals surface area contributed by atoms with Gasteiger partial charge in [0.2, 0.25) is 0 Å². The van der Waals surface area contributed by atoms with Gasteiger partial charge in [-0.3, -0.25) is 15.1 Å². The number of hydrogen-bond acceptors (Lipinski definition) is 4. The van der Waals surface area contributed by atoms with Gasteiger partial charge in [0.15, 0.2) is 0 Å². The molecule has 6 rings (SSSR count). The van der Waals surface area contributed by atoms with Gasteiger partial charge in [-0.1, -0.05) is 56.3 Å². The lowest BCUT2D eigenvalue weighted by atomic mass is 9.44. The van der Waals surface area contributed by atoms with E-state index in [-0.39, 0.29) is 16.9 Å². The van der Waals surface area contributed by atoms with E-state index in [1.165, 1.54) is 28.8 Å². The molecule has 0 radical (unpaired) electrons. The number of allylic oxidation sites excluding steroid dienone is 3. The summed E-state index contributed by atoms with van der Waals surface area (Å²) in [6.07, 6.45) is 8.63. The third-order valence-corrected chi connectivity index (χ3v) is 10.5. The van der Waals surface area contributed by atoms with Crippen molar-refractivity contribution in [2.45, 2.75) is 71.3 Å². The van der Waals surface area contributed by atoms with Crippen LogP contribution in [0.1, 0.15) is 70.8 Å². The van der Waals surface area contributed by atoms with Crippen molar-refractivity contribution in [1.82, 2.24) is 10.8 Å². The summed E-state index contributed by atoms with van der Waals surface area (Å²) in [4.78, 5) is 19.0. The standard InChI is InChI=1S/C30H40N2O2/c1-19-17-22-23-9-10-26(33)29(23,2)14-11-24(22)30(3)15-12-25(32-34-21-13-16-31-18-21)27(28(19)30)20-7-5-4-6-8-20/h4-8,21-24,28,31-32H,1,9-18H2,2-3H3. The summed E-state index contributed by atoms with van der Waals surface area (Å²) in [5.41, 5.74) is 8.86. The molecular formula is C30H40N2O2. The summed E-state index contributed by atoms with van der Waals surface area (Å²) in [5, 5.41) is 3.40. The predicted octanol–water partition coefficient (Wildman–Crippen LogP) is 5.67. The third-order valence-electron chi connectivity index (χ3n) is 10.5. The summed E-state index contributed by atoms with van der Waals surface area (Å²) in [6, 6.07) is 10.9. The predicted molar refractivity (Wildman–Crippen MR) is 135 cm³/mol. The van der Waals surface area contributed by atoms with Gasteiger partial charge in [-0.05, 0) is 85.8 Å². The SMILES string of the molecule is C=C1CC2C3CCC(=O)C3(C)CCC2C2(C)CCC(NOC3CCNC3)=C(c3ccccc3)C12. The lowest BCUT2D eigenvalue weighted by molar-refractivity contribution is -0.133. The molecule has 4 aliphatic carbocycles. The molecule has 4 heteroatoms. The van der Waals surface area contributed by atoms with Gasteiger partial charge in [-0.2, -0.15) is 0 Å². The molecular weight excluding hydrogens is 420 g/mol. The molecule has 0 bridgehead atoms. The Hall–Kier alpha value is -1.91. The largest absolute Gasteiger partial charge is 0.314 e. The van der Waals surface area contributed by atoms with Crippen LogP contribution in [0.15, 0.2) is 48.2 Å². The molecule has 2 N–H and O–H groups in total. The molecule has 3 saturated carbocycles. The number of benzene rings is 1. The number of hydrogen-bond donors (Lipinski definition) is 2. The first kappa shape index (κ1) is 22.5. The minimum Gasteiger partial charge on any atom is -0.314 e. The van der Waals surface area contributed by atoms with Crippen LogP contribution in [-0.4, -0.2) is 25.0 Å². The summed E-state index contributed by atoms with van der Waals surface area (Å²) in [7, 11) is 0. The Morgan fingerprint density at radius 2 is 1.88 bits per heavy atom. The number of Topliss-reactive ketones (excluding diaryl/α,β-unsaturated/α-hetero) is 1. The van der Waals surface area contributed by atoms with Crippen LogP contribution >= 0.6 is 0 Å². The minimum absolute atomic E-state index is 0.0900. The van der Waals surface area contributed by atoms with Crippen LogP contribution in [0.4, 0.5) is 0 Å². The molecule has 7 unspecified atom stereocenters. The molecule has 5 aliphatic rings. The molecule has 182 valence electrons. The van der Waals surface area contributed by atoms with Crippen molar-refractivity contribution in [1.29, 1.82) is 0 Å². The van der Waals surface area contributed by atoms with Crippen molar-refractivity contribution in [3.8, 4) is 0 Å². The molecule has 1 saturated heterocycles. The first-order chi connectivity index (χ1) is 16.4. The first-order valence-corrected chi connectivity index (χ1v) is 13.5. The van der Waals surface area contributed by atoms with Gasteiger partial charge >= 0.3 is 0 Å². The first-order valence-electron chi connectivity index (χ1n) is 13.5. The van der Waals surface area contributed by atoms with Crippen LogP contribution in [0, 0.1) is 34.5 Å². The number of ketones is 1. The molecule has 34 heavy (non-hydrogen) atoms.